The molecule has 0 bridgehead atoms. The van der Waals surface area contributed by atoms with Gasteiger partial charge in [0, 0.05) is 12.0 Å². The lowest BCUT2D eigenvalue weighted by molar-refractivity contribution is -0.122. The number of hydrogen-bond acceptors (Lipinski definition) is 2. The molecule has 15 heavy (non-hydrogen) atoms. The van der Waals surface area contributed by atoms with Crippen molar-refractivity contribution in [2.75, 3.05) is 6.54 Å². The normalized spacial score (nSPS) is 28.7. The highest BCUT2D eigenvalue weighted by Crippen LogP contribution is 2.24. The maximum Gasteiger partial charge on any atom is 0.220 e. The van der Waals surface area contributed by atoms with Crippen molar-refractivity contribution in [3.63, 3.8) is 0 Å². The fraction of sp³-hybridized carbons (Fsp3) is 0.917. The van der Waals surface area contributed by atoms with Crippen molar-refractivity contribution in [3.05, 3.63) is 0 Å². The molecule has 3 N–H and O–H groups in total. The Hall–Kier alpha value is -0.570. The Morgan fingerprint density at radius 3 is 2.87 bits per heavy atom. The van der Waals surface area contributed by atoms with Gasteiger partial charge in [-0.1, -0.05) is 26.7 Å². The number of amides is 1. The van der Waals surface area contributed by atoms with Crippen LogP contribution in [0.2, 0.25) is 0 Å². The van der Waals surface area contributed by atoms with E-state index in [-0.39, 0.29) is 11.8 Å². The second-order valence-electron chi connectivity index (χ2n) is 4.88. The average Bonchev–Trinajstić information content (AvgIpc) is 2.26. The molecular formula is C12H24N2O. The van der Waals surface area contributed by atoms with Gasteiger partial charge in [-0.2, -0.15) is 0 Å². The second-order valence-corrected chi connectivity index (χ2v) is 4.88. The van der Waals surface area contributed by atoms with Gasteiger partial charge in [0.1, 0.15) is 0 Å². The van der Waals surface area contributed by atoms with Crippen LogP contribution in [0.15, 0.2) is 0 Å². The molecule has 1 aliphatic carbocycles. The first kappa shape index (κ1) is 12.5. The Bertz CT molecular complexity index is 206. The van der Waals surface area contributed by atoms with Crippen molar-refractivity contribution >= 4 is 5.91 Å². The van der Waals surface area contributed by atoms with Crippen molar-refractivity contribution in [1.29, 1.82) is 0 Å². The van der Waals surface area contributed by atoms with Crippen LogP contribution in [0, 0.1) is 11.8 Å². The van der Waals surface area contributed by atoms with Crippen molar-refractivity contribution in [2.24, 2.45) is 17.6 Å². The Kier molecular flexibility index (Phi) is 5.09. The number of rotatable bonds is 5. The molecule has 1 amide bonds. The maximum atomic E-state index is 11.1. The molecule has 0 saturated heterocycles. The maximum absolute atomic E-state index is 11.1. The van der Waals surface area contributed by atoms with Gasteiger partial charge in [0.25, 0.3) is 0 Å². The molecule has 0 spiro atoms. The zero-order valence-electron chi connectivity index (χ0n) is 9.96. The van der Waals surface area contributed by atoms with Gasteiger partial charge in [0.05, 0.1) is 0 Å². The smallest absolute Gasteiger partial charge is 0.220 e. The van der Waals surface area contributed by atoms with E-state index in [1.807, 2.05) is 0 Å². The van der Waals surface area contributed by atoms with Gasteiger partial charge < -0.3 is 11.1 Å². The molecule has 0 aromatic carbocycles. The molecule has 3 unspecified atom stereocenters. The van der Waals surface area contributed by atoms with Crippen LogP contribution < -0.4 is 11.1 Å². The van der Waals surface area contributed by atoms with Gasteiger partial charge in [-0.3, -0.25) is 4.79 Å². The average molecular weight is 212 g/mol. The second kappa shape index (κ2) is 6.11. The van der Waals surface area contributed by atoms with Crippen LogP contribution in [-0.2, 0) is 4.79 Å². The van der Waals surface area contributed by atoms with E-state index in [4.69, 9.17) is 5.73 Å². The van der Waals surface area contributed by atoms with E-state index in [0.717, 1.165) is 31.7 Å². The minimum Gasteiger partial charge on any atom is -0.369 e. The highest BCUT2D eigenvalue weighted by atomic mass is 16.1. The van der Waals surface area contributed by atoms with E-state index in [9.17, 15) is 4.79 Å². The predicted octanol–water partition coefficient (Wildman–Crippen LogP) is 1.67. The molecule has 0 aromatic heterocycles. The SMILES string of the molecule is CCC(C)CNC1CCCC(C(N)=O)C1. The quantitative estimate of drug-likeness (QED) is 0.728. The summed E-state index contributed by atoms with van der Waals surface area (Å²) in [5.41, 5.74) is 5.34. The molecular weight excluding hydrogens is 188 g/mol. The molecule has 0 aliphatic heterocycles. The molecule has 3 atom stereocenters. The summed E-state index contributed by atoms with van der Waals surface area (Å²) in [6.45, 7) is 5.52. The minimum absolute atomic E-state index is 0.105. The summed E-state index contributed by atoms with van der Waals surface area (Å²) in [4.78, 5) is 11.1. The van der Waals surface area contributed by atoms with E-state index in [1.54, 1.807) is 0 Å². The first-order valence-electron chi connectivity index (χ1n) is 6.16. The monoisotopic (exact) mass is 212 g/mol. The summed E-state index contributed by atoms with van der Waals surface area (Å²) in [6, 6.07) is 0.505. The number of hydrogen-bond donors (Lipinski definition) is 2. The van der Waals surface area contributed by atoms with Gasteiger partial charge in [-0.15, -0.1) is 0 Å². The van der Waals surface area contributed by atoms with Gasteiger partial charge in [0.2, 0.25) is 5.91 Å². The van der Waals surface area contributed by atoms with E-state index >= 15 is 0 Å². The lowest BCUT2D eigenvalue weighted by Crippen LogP contribution is -2.39. The van der Waals surface area contributed by atoms with Gasteiger partial charge in [0.15, 0.2) is 0 Å². The summed E-state index contributed by atoms with van der Waals surface area (Å²) in [7, 11) is 0. The van der Waals surface area contributed by atoms with Crippen LogP contribution >= 0.6 is 0 Å². The molecule has 1 rings (SSSR count). The third-order valence-electron chi connectivity index (χ3n) is 3.53. The molecule has 3 heteroatoms. The van der Waals surface area contributed by atoms with Crippen LogP contribution in [0.1, 0.15) is 46.0 Å². The highest BCUT2D eigenvalue weighted by Gasteiger charge is 2.25. The third kappa shape index (κ3) is 4.20. The summed E-state index contributed by atoms with van der Waals surface area (Å²) in [5.74, 6) is 0.706. The summed E-state index contributed by atoms with van der Waals surface area (Å²) in [6.07, 6.45) is 5.45. The number of carbonyl (C=O) groups is 1. The number of nitrogens with one attached hydrogen (secondary N) is 1. The molecule has 1 fully saturated rings. The molecule has 3 nitrogen and oxygen atoms in total. The standard InChI is InChI=1S/C12H24N2O/c1-3-9(2)8-14-11-6-4-5-10(7-11)12(13)15/h9-11,14H,3-8H2,1-2H3,(H2,13,15). The highest BCUT2D eigenvalue weighted by molar-refractivity contribution is 5.76. The van der Waals surface area contributed by atoms with E-state index in [2.05, 4.69) is 19.2 Å². The van der Waals surface area contributed by atoms with E-state index < -0.39 is 0 Å². The number of nitrogens with two attached hydrogens (primary N) is 1. The molecule has 1 saturated carbocycles. The van der Waals surface area contributed by atoms with Crippen molar-refractivity contribution in [1.82, 2.24) is 5.32 Å². The molecule has 0 radical (unpaired) electrons. The van der Waals surface area contributed by atoms with Gasteiger partial charge in [-0.25, -0.2) is 0 Å². The Morgan fingerprint density at radius 1 is 1.53 bits per heavy atom. The molecule has 0 heterocycles. The first-order chi connectivity index (χ1) is 7.13. The largest absolute Gasteiger partial charge is 0.369 e. The Morgan fingerprint density at radius 2 is 2.27 bits per heavy atom. The topological polar surface area (TPSA) is 55.1 Å². The Labute approximate surface area is 92.8 Å². The van der Waals surface area contributed by atoms with E-state index in [0.29, 0.717) is 6.04 Å². The summed E-state index contributed by atoms with van der Waals surface area (Å²) >= 11 is 0. The van der Waals surface area contributed by atoms with Crippen LogP contribution in [0.25, 0.3) is 0 Å². The minimum atomic E-state index is -0.120. The van der Waals surface area contributed by atoms with E-state index in [1.165, 1.54) is 12.8 Å². The molecule has 88 valence electrons. The molecule has 0 aromatic rings. The van der Waals surface area contributed by atoms with Crippen LogP contribution in [0.4, 0.5) is 0 Å². The van der Waals surface area contributed by atoms with Crippen LogP contribution in [0.3, 0.4) is 0 Å². The zero-order chi connectivity index (χ0) is 11.3. The lowest BCUT2D eigenvalue weighted by atomic mass is 9.85. The Balaban J connectivity index is 2.27. The summed E-state index contributed by atoms with van der Waals surface area (Å²) < 4.78 is 0. The van der Waals surface area contributed by atoms with Crippen molar-refractivity contribution in [3.8, 4) is 0 Å². The fourth-order valence-corrected chi connectivity index (χ4v) is 2.15. The predicted molar refractivity (Wildman–Crippen MR) is 62.4 cm³/mol. The van der Waals surface area contributed by atoms with Crippen LogP contribution in [-0.4, -0.2) is 18.5 Å². The van der Waals surface area contributed by atoms with Crippen molar-refractivity contribution < 1.29 is 4.79 Å². The van der Waals surface area contributed by atoms with Gasteiger partial charge in [-0.05, 0) is 31.7 Å². The fourth-order valence-electron chi connectivity index (χ4n) is 2.15. The third-order valence-corrected chi connectivity index (χ3v) is 3.53. The summed E-state index contributed by atoms with van der Waals surface area (Å²) in [5, 5.41) is 3.55. The number of carbonyl (C=O) groups excluding carboxylic acids is 1. The first-order valence-corrected chi connectivity index (χ1v) is 6.16. The van der Waals surface area contributed by atoms with Crippen molar-refractivity contribution in [2.45, 2.75) is 52.0 Å². The zero-order valence-corrected chi connectivity index (χ0v) is 9.96. The number of primary amides is 1. The van der Waals surface area contributed by atoms with Gasteiger partial charge >= 0.3 is 0 Å². The van der Waals surface area contributed by atoms with Crippen LogP contribution in [0.5, 0.6) is 0 Å². The lowest BCUT2D eigenvalue weighted by Gasteiger charge is -2.28. The molecule has 1 aliphatic rings.